The number of hydrogen-bond acceptors (Lipinski definition) is 4. The van der Waals surface area contributed by atoms with E-state index in [1.165, 1.54) is 6.92 Å². The Balaban J connectivity index is 4.52. The van der Waals surface area contributed by atoms with E-state index in [1.807, 2.05) is 0 Å². The number of carboxylic acids is 2. The van der Waals surface area contributed by atoms with E-state index >= 15 is 0 Å². The van der Waals surface area contributed by atoms with Gasteiger partial charge in [-0.3, -0.25) is 14.4 Å². The highest BCUT2D eigenvalue weighted by Gasteiger charge is 2.41. The zero-order valence-corrected chi connectivity index (χ0v) is 9.60. The van der Waals surface area contributed by atoms with E-state index in [1.54, 1.807) is 0 Å². The molecule has 98 valence electrons. The first-order chi connectivity index (χ1) is 7.84. The third-order valence-corrected chi connectivity index (χ3v) is 2.43. The van der Waals surface area contributed by atoms with Gasteiger partial charge in [-0.15, -0.1) is 0 Å². The van der Waals surface area contributed by atoms with Crippen molar-refractivity contribution in [2.75, 3.05) is 13.2 Å². The van der Waals surface area contributed by atoms with Gasteiger partial charge in [-0.2, -0.15) is 0 Å². The average molecular weight is 247 g/mol. The van der Waals surface area contributed by atoms with Crippen molar-refractivity contribution in [1.82, 2.24) is 5.32 Å². The molecule has 4 N–H and O–H groups in total. The van der Waals surface area contributed by atoms with Crippen LogP contribution in [-0.4, -0.2) is 46.3 Å². The van der Waals surface area contributed by atoms with E-state index in [4.69, 9.17) is 15.3 Å². The molecule has 7 nitrogen and oxygen atoms in total. The molecule has 0 fully saturated rings. The summed E-state index contributed by atoms with van der Waals surface area (Å²) >= 11 is 0. The third kappa shape index (κ3) is 4.81. The largest absolute Gasteiger partial charge is 0.481 e. The fourth-order valence-electron chi connectivity index (χ4n) is 1.15. The van der Waals surface area contributed by atoms with Gasteiger partial charge in [0.1, 0.15) is 5.41 Å². The first kappa shape index (κ1) is 15.4. The zero-order valence-electron chi connectivity index (χ0n) is 9.60. The second-order valence-corrected chi connectivity index (χ2v) is 3.86. The van der Waals surface area contributed by atoms with Crippen LogP contribution < -0.4 is 5.32 Å². The Kier molecular flexibility index (Phi) is 6.19. The van der Waals surface area contributed by atoms with E-state index in [9.17, 15) is 14.4 Å². The van der Waals surface area contributed by atoms with Crippen molar-refractivity contribution in [2.24, 2.45) is 5.41 Å². The van der Waals surface area contributed by atoms with Crippen molar-refractivity contribution >= 4 is 17.8 Å². The fourth-order valence-corrected chi connectivity index (χ4v) is 1.15. The van der Waals surface area contributed by atoms with E-state index in [0.717, 1.165) is 0 Å². The number of nitrogens with one attached hydrogen (secondary N) is 1. The monoisotopic (exact) mass is 247 g/mol. The van der Waals surface area contributed by atoms with Crippen LogP contribution in [-0.2, 0) is 14.4 Å². The first-order valence-electron chi connectivity index (χ1n) is 5.19. The maximum atomic E-state index is 11.6. The van der Waals surface area contributed by atoms with E-state index < -0.39 is 29.7 Å². The van der Waals surface area contributed by atoms with Gasteiger partial charge in [0.15, 0.2) is 0 Å². The van der Waals surface area contributed by atoms with Crippen molar-refractivity contribution in [1.29, 1.82) is 0 Å². The summed E-state index contributed by atoms with van der Waals surface area (Å²) in [5, 5.41) is 28.3. The van der Waals surface area contributed by atoms with Gasteiger partial charge in [0.25, 0.3) is 0 Å². The Morgan fingerprint density at radius 2 is 1.82 bits per heavy atom. The molecular formula is C10H17NO6. The summed E-state index contributed by atoms with van der Waals surface area (Å²) in [6.45, 7) is 1.23. The molecular weight excluding hydrogens is 230 g/mol. The standard InChI is InChI=1S/C10H17NO6/c1-10(9(16)17,4-3-7(13)14)8(15)11-5-2-6-12/h12H,2-6H2,1H3,(H,11,15)(H,13,14)(H,16,17). The van der Waals surface area contributed by atoms with Gasteiger partial charge >= 0.3 is 11.9 Å². The molecule has 0 aromatic rings. The van der Waals surface area contributed by atoms with Gasteiger partial charge in [0.05, 0.1) is 0 Å². The van der Waals surface area contributed by atoms with Gasteiger partial charge in [-0.25, -0.2) is 0 Å². The number of rotatable bonds is 8. The van der Waals surface area contributed by atoms with Crippen molar-refractivity contribution in [2.45, 2.75) is 26.2 Å². The maximum Gasteiger partial charge on any atom is 0.318 e. The van der Waals surface area contributed by atoms with Crippen LogP contribution in [0.25, 0.3) is 0 Å². The van der Waals surface area contributed by atoms with E-state index in [-0.39, 0.29) is 19.6 Å². The number of aliphatic hydroxyl groups is 1. The minimum atomic E-state index is -1.76. The molecule has 0 radical (unpaired) electrons. The molecule has 1 amide bonds. The molecule has 7 heteroatoms. The van der Waals surface area contributed by atoms with Crippen LogP contribution in [0.5, 0.6) is 0 Å². The molecule has 0 heterocycles. The summed E-state index contributed by atoms with van der Waals surface area (Å²) in [5.41, 5.74) is -1.76. The Morgan fingerprint density at radius 1 is 1.24 bits per heavy atom. The molecule has 0 rings (SSSR count). The molecule has 0 aliphatic carbocycles. The lowest BCUT2D eigenvalue weighted by Gasteiger charge is -2.22. The minimum Gasteiger partial charge on any atom is -0.481 e. The Hall–Kier alpha value is -1.63. The molecule has 0 aliphatic rings. The van der Waals surface area contributed by atoms with Crippen LogP contribution in [0.2, 0.25) is 0 Å². The van der Waals surface area contributed by atoms with Crippen molar-refractivity contribution < 1.29 is 29.7 Å². The van der Waals surface area contributed by atoms with Gasteiger partial charge < -0.3 is 20.6 Å². The minimum absolute atomic E-state index is 0.112. The fraction of sp³-hybridized carbons (Fsp3) is 0.700. The summed E-state index contributed by atoms with van der Waals surface area (Å²) < 4.78 is 0. The van der Waals surface area contributed by atoms with Crippen molar-refractivity contribution in [3.05, 3.63) is 0 Å². The second kappa shape index (κ2) is 6.85. The summed E-state index contributed by atoms with van der Waals surface area (Å²) in [7, 11) is 0. The molecule has 0 spiro atoms. The quantitative estimate of drug-likeness (QED) is 0.336. The SMILES string of the molecule is CC(CCC(=O)O)(C(=O)O)C(=O)NCCCO. The van der Waals surface area contributed by atoms with Crippen molar-refractivity contribution in [3.8, 4) is 0 Å². The Labute approximate surface area is 98.4 Å². The van der Waals surface area contributed by atoms with Gasteiger partial charge in [-0.05, 0) is 19.8 Å². The molecule has 1 atom stereocenters. The van der Waals surface area contributed by atoms with Crippen LogP contribution in [0.1, 0.15) is 26.2 Å². The lowest BCUT2D eigenvalue weighted by atomic mass is 9.84. The summed E-state index contributed by atoms with van der Waals surface area (Å²) in [6, 6.07) is 0. The number of carboxylic acid groups (broad SMARTS) is 2. The topological polar surface area (TPSA) is 124 Å². The molecule has 0 saturated carbocycles. The normalized spacial score (nSPS) is 13.8. The summed E-state index contributed by atoms with van der Waals surface area (Å²) in [6.07, 6.45) is -0.348. The molecule has 1 unspecified atom stereocenters. The number of amides is 1. The van der Waals surface area contributed by atoms with Gasteiger partial charge in [0, 0.05) is 19.6 Å². The number of carbonyl (C=O) groups is 3. The lowest BCUT2D eigenvalue weighted by molar-refractivity contribution is -0.155. The van der Waals surface area contributed by atoms with Crippen LogP contribution in [0, 0.1) is 5.41 Å². The summed E-state index contributed by atoms with van der Waals surface area (Å²) in [4.78, 5) is 33.0. The molecule has 0 aromatic carbocycles. The number of carbonyl (C=O) groups excluding carboxylic acids is 1. The third-order valence-electron chi connectivity index (χ3n) is 2.43. The highest BCUT2D eigenvalue weighted by atomic mass is 16.4. The zero-order chi connectivity index (χ0) is 13.5. The smallest absolute Gasteiger partial charge is 0.318 e. The highest BCUT2D eigenvalue weighted by molar-refractivity contribution is 6.01. The molecule has 0 aliphatic heterocycles. The van der Waals surface area contributed by atoms with Crippen LogP contribution in [0.3, 0.4) is 0 Å². The number of hydrogen-bond donors (Lipinski definition) is 4. The first-order valence-corrected chi connectivity index (χ1v) is 5.19. The van der Waals surface area contributed by atoms with E-state index in [0.29, 0.717) is 6.42 Å². The predicted octanol–water partition coefficient (Wildman–Crippen LogP) is -0.559. The van der Waals surface area contributed by atoms with Gasteiger partial charge in [0.2, 0.25) is 5.91 Å². The highest BCUT2D eigenvalue weighted by Crippen LogP contribution is 2.24. The van der Waals surface area contributed by atoms with Crippen molar-refractivity contribution in [3.63, 3.8) is 0 Å². The maximum absolute atomic E-state index is 11.6. The number of aliphatic carboxylic acids is 2. The lowest BCUT2D eigenvalue weighted by Crippen LogP contribution is -2.45. The molecule has 0 aromatic heterocycles. The van der Waals surface area contributed by atoms with Crippen LogP contribution >= 0.6 is 0 Å². The van der Waals surface area contributed by atoms with Crippen LogP contribution in [0.15, 0.2) is 0 Å². The summed E-state index contributed by atoms with van der Waals surface area (Å²) in [5.74, 6) is -3.25. The van der Waals surface area contributed by atoms with E-state index in [2.05, 4.69) is 5.32 Å². The average Bonchev–Trinajstić information content (AvgIpc) is 2.25. The predicted molar refractivity (Wildman–Crippen MR) is 57.3 cm³/mol. The Bertz CT molecular complexity index is 303. The molecule has 0 saturated heterocycles. The Morgan fingerprint density at radius 3 is 2.24 bits per heavy atom. The second-order valence-electron chi connectivity index (χ2n) is 3.86. The van der Waals surface area contributed by atoms with Gasteiger partial charge in [-0.1, -0.05) is 0 Å². The molecule has 17 heavy (non-hydrogen) atoms. The molecule has 0 bridgehead atoms. The van der Waals surface area contributed by atoms with Crippen LogP contribution in [0.4, 0.5) is 0 Å². The number of aliphatic hydroxyl groups excluding tert-OH is 1.